The van der Waals surface area contributed by atoms with Crippen LogP contribution in [0.5, 0.6) is 0 Å². The Labute approximate surface area is 109 Å². The van der Waals surface area contributed by atoms with Gasteiger partial charge in [0.2, 0.25) is 0 Å². The molecule has 102 valence electrons. The average molecular weight is 269 g/mol. The van der Waals surface area contributed by atoms with Gasteiger partial charge < -0.3 is 4.90 Å². The number of halogens is 3. The Morgan fingerprint density at radius 1 is 1.16 bits per heavy atom. The quantitative estimate of drug-likeness (QED) is 0.765. The fourth-order valence-corrected chi connectivity index (χ4v) is 2.78. The van der Waals surface area contributed by atoms with E-state index in [9.17, 15) is 18.0 Å². The van der Waals surface area contributed by atoms with Crippen LogP contribution in [0.4, 0.5) is 13.2 Å². The second-order valence-electron chi connectivity index (χ2n) is 5.52. The number of rotatable bonds is 1. The second kappa shape index (κ2) is 3.99. The number of hydrogen-bond acceptors (Lipinski definition) is 1. The van der Waals surface area contributed by atoms with Gasteiger partial charge in [-0.25, -0.2) is 0 Å². The van der Waals surface area contributed by atoms with Crippen molar-refractivity contribution in [2.75, 3.05) is 13.1 Å². The van der Waals surface area contributed by atoms with Crippen molar-refractivity contribution in [2.45, 2.75) is 25.4 Å². The third-order valence-electron chi connectivity index (χ3n) is 4.15. The second-order valence-corrected chi connectivity index (χ2v) is 5.52. The monoisotopic (exact) mass is 269 g/mol. The van der Waals surface area contributed by atoms with E-state index in [-0.39, 0.29) is 11.0 Å². The minimum atomic E-state index is -4.48. The molecule has 1 aromatic rings. The molecule has 2 nitrogen and oxygen atoms in total. The summed E-state index contributed by atoms with van der Waals surface area (Å²) in [5, 5.41) is 0. The molecular weight excluding hydrogens is 255 g/mol. The maximum atomic E-state index is 12.9. The first-order chi connectivity index (χ1) is 8.91. The summed E-state index contributed by atoms with van der Waals surface area (Å²) >= 11 is 0. The fraction of sp³-hybridized carbons (Fsp3) is 0.500. The van der Waals surface area contributed by atoms with E-state index in [4.69, 9.17) is 0 Å². The first-order valence-electron chi connectivity index (χ1n) is 6.37. The van der Waals surface area contributed by atoms with E-state index >= 15 is 0 Å². The Hall–Kier alpha value is -1.52. The van der Waals surface area contributed by atoms with E-state index in [0.717, 1.165) is 25.3 Å². The molecule has 2 fully saturated rings. The highest BCUT2D eigenvalue weighted by molar-refractivity contribution is 5.96. The normalized spacial score (nSPS) is 20.9. The summed E-state index contributed by atoms with van der Waals surface area (Å²) in [6, 6.07) is 5.02. The lowest BCUT2D eigenvalue weighted by molar-refractivity contribution is -0.138. The SMILES string of the molecule is O=C(c1ccccc1C(F)(F)F)N1CCC2(CC2)C1. The smallest absolute Gasteiger partial charge is 0.338 e. The zero-order valence-corrected chi connectivity index (χ0v) is 10.3. The van der Waals surface area contributed by atoms with Crippen molar-refractivity contribution in [2.24, 2.45) is 5.41 Å². The van der Waals surface area contributed by atoms with Crippen LogP contribution in [0.3, 0.4) is 0 Å². The van der Waals surface area contributed by atoms with Gasteiger partial charge in [-0.3, -0.25) is 4.79 Å². The molecule has 2 aliphatic rings. The molecule has 19 heavy (non-hydrogen) atoms. The van der Waals surface area contributed by atoms with Crippen molar-refractivity contribution in [3.8, 4) is 0 Å². The van der Waals surface area contributed by atoms with Crippen LogP contribution in [0, 0.1) is 5.41 Å². The summed E-state index contributed by atoms with van der Waals surface area (Å²) in [5.74, 6) is -0.489. The fourth-order valence-electron chi connectivity index (χ4n) is 2.78. The van der Waals surface area contributed by atoms with E-state index in [1.54, 1.807) is 4.90 Å². The van der Waals surface area contributed by atoms with Gasteiger partial charge in [0.1, 0.15) is 0 Å². The highest BCUT2D eigenvalue weighted by Crippen LogP contribution is 2.52. The number of hydrogen-bond donors (Lipinski definition) is 0. The van der Waals surface area contributed by atoms with Crippen LogP contribution in [0.15, 0.2) is 24.3 Å². The van der Waals surface area contributed by atoms with E-state index in [1.165, 1.54) is 18.2 Å². The predicted molar refractivity (Wildman–Crippen MR) is 63.6 cm³/mol. The Bertz CT molecular complexity index is 520. The number of nitrogens with zero attached hydrogens (tertiary/aromatic N) is 1. The Kier molecular flexibility index (Phi) is 2.62. The summed E-state index contributed by atoms with van der Waals surface area (Å²) in [7, 11) is 0. The molecule has 0 aromatic heterocycles. The van der Waals surface area contributed by atoms with Crippen LogP contribution in [0.1, 0.15) is 35.2 Å². The highest BCUT2D eigenvalue weighted by atomic mass is 19.4. The van der Waals surface area contributed by atoms with Crippen LogP contribution >= 0.6 is 0 Å². The molecule has 1 aliphatic heterocycles. The predicted octanol–water partition coefficient (Wildman–Crippen LogP) is 3.33. The van der Waals surface area contributed by atoms with E-state index in [0.29, 0.717) is 13.1 Å². The standard InChI is InChI=1S/C14H14F3NO/c15-14(16,17)11-4-2-1-3-10(11)12(19)18-8-7-13(9-18)5-6-13/h1-4H,5-9H2. The Balaban J connectivity index is 1.88. The molecular formula is C14H14F3NO. The number of alkyl halides is 3. The van der Waals surface area contributed by atoms with Gasteiger partial charge in [0.15, 0.2) is 0 Å². The summed E-state index contributed by atoms with van der Waals surface area (Å²) in [6.07, 6.45) is -1.37. The molecule has 1 amide bonds. The molecule has 1 heterocycles. The minimum absolute atomic E-state index is 0.225. The van der Waals surface area contributed by atoms with Gasteiger partial charge in [0, 0.05) is 13.1 Å². The molecule has 1 saturated carbocycles. The lowest BCUT2D eigenvalue weighted by Crippen LogP contribution is -2.30. The third kappa shape index (κ3) is 2.22. The zero-order valence-electron chi connectivity index (χ0n) is 10.3. The molecule has 5 heteroatoms. The lowest BCUT2D eigenvalue weighted by Gasteiger charge is -2.19. The largest absolute Gasteiger partial charge is 0.417 e. The van der Waals surface area contributed by atoms with Crippen LogP contribution in [-0.2, 0) is 6.18 Å². The molecule has 1 aliphatic carbocycles. The maximum absolute atomic E-state index is 12.9. The van der Waals surface area contributed by atoms with Gasteiger partial charge in [-0.05, 0) is 36.8 Å². The van der Waals surface area contributed by atoms with Gasteiger partial charge in [0.25, 0.3) is 5.91 Å². The third-order valence-corrected chi connectivity index (χ3v) is 4.15. The average Bonchev–Trinajstić information content (AvgIpc) is 2.98. The number of amides is 1. The lowest BCUT2D eigenvalue weighted by atomic mass is 10.1. The molecule has 0 radical (unpaired) electrons. The summed E-state index contributed by atoms with van der Waals surface area (Å²) in [4.78, 5) is 13.8. The van der Waals surface area contributed by atoms with Crippen molar-refractivity contribution < 1.29 is 18.0 Å². The topological polar surface area (TPSA) is 20.3 Å². The molecule has 0 unspecified atom stereocenters. The van der Waals surface area contributed by atoms with Gasteiger partial charge in [-0.15, -0.1) is 0 Å². The van der Waals surface area contributed by atoms with Gasteiger partial charge in [-0.1, -0.05) is 12.1 Å². The van der Waals surface area contributed by atoms with Crippen molar-refractivity contribution in [1.29, 1.82) is 0 Å². The first kappa shape index (κ1) is 12.5. The zero-order chi connectivity index (χ0) is 13.7. The number of carbonyl (C=O) groups excluding carboxylic acids is 1. The molecule has 1 saturated heterocycles. The Morgan fingerprint density at radius 2 is 1.84 bits per heavy atom. The van der Waals surface area contributed by atoms with Gasteiger partial charge in [0.05, 0.1) is 11.1 Å². The summed E-state index contributed by atoms with van der Waals surface area (Å²) in [5.41, 5.74) is -0.840. The van der Waals surface area contributed by atoms with E-state index in [2.05, 4.69) is 0 Å². The molecule has 3 rings (SSSR count). The van der Waals surface area contributed by atoms with Gasteiger partial charge >= 0.3 is 6.18 Å². The van der Waals surface area contributed by atoms with Crippen molar-refractivity contribution in [1.82, 2.24) is 4.90 Å². The molecule has 1 aromatic carbocycles. The first-order valence-corrected chi connectivity index (χ1v) is 6.37. The number of likely N-dealkylation sites (tertiary alicyclic amines) is 1. The molecule has 0 N–H and O–H groups in total. The molecule has 1 spiro atoms. The highest BCUT2D eigenvalue weighted by Gasteiger charge is 2.49. The van der Waals surface area contributed by atoms with Crippen LogP contribution in [0.25, 0.3) is 0 Å². The van der Waals surface area contributed by atoms with E-state index in [1.807, 2.05) is 0 Å². The minimum Gasteiger partial charge on any atom is -0.338 e. The molecule has 0 bridgehead atoms. The van der Waals surface area contributed by atoms with Crippen molar-refractivity contribution >= 4 is 5.91 Å². The van der Waals surface area contributed by atoms with Crippen molar-refractivity contribution in [3.05, 3.63) is 35.4 Å². The van der Waals surface area contributed by atoms with Crippen molar-refractivity contribution in [3.63, 3.8) is 0 Å². The molecule has 0 atom stereocenters. The van der Waals surface area contributed by atoms with E-state index < -0.39 is 17.6 Å². The maximum Gasteiger partial charge on any atom is 0.417 e. The summed E-state index contributed by atoms with van der Waals surface area (Å²) < 4.78 is 38.7. The van der Waals surface area contributed by atoms with Crippen LogP contribution in [-0.4, -0.2) is 23.9 Å². The van der Waals surface area contributed by atoms with Gasteiger partial charge in [-0.2, -0.15) is 13.2 Å². The number of carbonyl (C=O) groups is 1. The Morgan fingerprint density at radius 3 is 2.42 bits per heavy atom. The van der Waals surface area contributed by atoms with Crippen LogP contribution < -0.4 is 0 Å². The summed E-state index contributed by atoms with van der Waals surface area (Å²) in [6.45, 7) is 1.18. The van der Waals surface area contributed by atoms with Crippen LogP contribution in [0.2, 0.25) is 0 Å². The number of benzene rings is 1.